The van der Waals surface area contributed by atoms with Crippen LogP contribution in [0.2, 0.25) is 5.02 Å². The van der Waals surface area contributed by atoms with Crippen LogP contribution in [0.1, 0.15) is 16.8 Å². The van der Waals surface area contributed by atoms with E-state index in [0.29, 0.717) is 0 Å². The number of ketones is 1. The molecule has 1 heterocycles. The molecule has 0 radical (unpaired) electrons. The molecule has 5 nitrogen and oxygen atoms in total. The molecule has 1 amide bonds. The van der Waals surface area contributed by atoms with Crippen LogP contribution in [0.25, 0.3) is 0 Å². The van der Waals surface area contributed by atoms with Gasteiger partial charge in [-0.1, -0.05) is 23.7 Å². The van der Waals surface area contributed by atoms with Gasteiger partial charge in [0.1, 0.15) is 5.37 Å². The number of hydrogen-bond acceptors (Lipinski definition) is 4. The third kappa shape index (κ3) is 2.89. The second-order valence-electron chi connectivity index (χ2n) is 4.78. The van der Waals surface area contributed by atoms with E-state index in [9.17, 15) is 14.4 Å². The van der Waals surface area contributed by atoms with Gasteiger partial charge >= 0.3 is 5.97 Å². The normalized spacial score (nSPS) is 18.0. The second kappa shape index (κ2) is 6.54. The van der Waals surface area contributed by atoms with Crippen LogP contribution in [0.3, 0.4) is 0 Å². The van der Waals surface area contributed by atoms with Crippen LogP contribution in [-0.2, 0) is 9.59 Å². The van der Waals surface area contributed by atoms with E-state index in [1.54, 1.807) is 37.6 Å². The molecule has 0 fully saturated rings. The highest BCUT2D eigenvalue weighted by Gasteiger charge is 2.41. The Morgan fingerprint density at radius 1 is 1.36 bits per heavy atom. The minimum absolute atomic E-state index is 0.0271. The first-order chi connectivity index (χ1) is 10.4. The summed E-state index contributed by atoms with van der Waals surface area (Å²) in [5.74, 6) is -1.99. The molecule has 22 heavy (non-hydrogen) atoms. The summed E-state index contributed by atoms with van der Waals surface area (Å²) in [6, 6.07) is 6.52. The summed E-state index contributed by atoms with van der Waals surface area (Å²) in [5.41, 5.74) is 0.499. The molecule has 1 atom stereocenters. The Hall–Kier alpha value is -1.79. The molecule has 7 heteroatoms. The lowest BCUT2D eigenvalue weighted by molar-refractivity contribution is -0.137. The van der Waals surface area contributed by atoms with Crippen molar-refractivity contribution < 1.29 is 19.5 Å². The monoisotopic (exact) mass is 339 g/mol. The van der Waals surface area contributed by atoms with Crippen molar-refractivity contribution in [3.63, 3.8) is 0 Å². The maximum atomic E-state index is 12.8. The molecular formula is C15H14ClNO4S. The van der Waals surface area contributed by atoms with Crippen molar-refractivity contribution in [3.05, 3.63) is 46.0 Å². The quantitative estimate of drug-likeness (QED) is 0.834. The number of thioether (sulfide) groups is 1. The van der Waals surface area contributed by atoms with Gasteiger partial charge in [-0.2, -0.15) is 0 Å². The van der Waals surface area contributed by atoms with Gasteiger partial charge in [0.05, 0.1) is 11.4 Å². The summed E-state index contributed by atoms with van der Waals surface area (Å²) < 4.78 is 0. The molecule has 0 spiro atoms. The van der Waals surface area contributed by atoms with Gasteiger partial charge in [0.25, 0.3) is 5.91 Å². The number of carboxylic acids is 1. The van der Waals surface area contributed by atoms with Crippen molar-refractivity contribution in [2.24, 2.45) is 0 Å². The lowest BCUT2D eigenvalue weighted by atomic mass is 9.98. The third-order valence-electron chi connectivity index (χ3n) is 3.42. The van der Waals surface area contributed by atoms with E-state index in [1.165, 1.54) is 16.7 Å². The molecule has 0 aliphatic carbocycles. The van der Waals surface area contributed by atoms with Crippen molar-refractivity contribution in [2.75, 3.05) is 13.3 Å². The number of rotatable bonds is 5. The van der Waals surface area contributed by atoms with E-state index >= 15 is 0 Å². The van der Waals surface area contributed by atoms with Crippen LogP contribution in [-0.4, -0.2) is 46.3 Å². The molecular weight excluding hydrogens is 326 g/mol. The molecule has 0 saturated carbocycles. The second-order valence-corrected chi connectivity index (χ2v) is 6.10. The summed E-state index contributed by atoms with van der Waals surface area (Å²) in [7, 11) is 1.55. The topological polar surface area (TPSA) is 74.7 Å². The van der Waals surface area contributed by atoms with Crippen LogP contribution in [0.15, 0.2) is 35.4 Å². The molecule has 1 aromatic carbocycles. The van der Waals surface area contributed by atoms with Gasteiger partial charge in [0, 0.05) is 23.8 Å². The van der Waals surface area contributed by atoms with Crippen LogP contribution >= 0.6 is 23.4 Å². The molecule has 0 aromatic heterocycles. The Morgan fingerprint density at radius 2 is 2.00 bits per heavy atom. The standard InChI is InChI=1S/C15H14ClNO4S/c1-17-14(21)9(7-11(18)19)12(15(17)22-2)13(20)8-5-3-4-6-10(8)16/h3-6,15H,7H2,1-2H3,(H,18,19)/t15-/m0/s1. The average molecular weight is 340 g/mol. The Bertz CT molecular complexity index is 686. The number of hydrogen-bond donors (Lipinski definition) is 1. The first-order valence-electron chi connectivity index (χ1n) is 6.42. The fourth-order valence-corrected chi connectivity index (χ4v) is 3.53. The Labute approximate surface area is 136 Å². The number of carbonyl (C=O) groups is 3. The van der Waals surface area contributed by atoms with Gasteiger partial charge < -0.3 is 10.0 Å². The summed E-state index contributed by atoms with van der Waals surface area (Å²) in [5, 5.41) is 8.78. The molecule has 0 bridgehead atoms. The number of nitrogens with zero attached hydrogens (tertiary/aromatic N) is 1. The van der Waals surface area contributed by atoms with Gasteiger partial charge in [-0.05, 0) is 18.4 Å². The molecule has 0 saturated heterocycles. The lowest BCUT2D eigenvalue weighted by Gasteiger charge is -2.20. The van der Waals surface area contributed by atoms with Gasteiger partial charge in [0.2, 0.25) is 0 Å². The molecule has 1 aliphatic heterocycles. The Kier molecular flexibility index (Phi) is 4.93. The van der Waals surface area contributed by atoms with E-state index < -0.39 is 29.5 Å². The van der Waals surface area contributed by atoms with Crippen molar-refractivity contribution >= 4 is 41.0 Å². The van der Waals surface area contributed by atoms with Crippen LogP contribution in [0.5, 0.6) is 0 Å². The SMILES string of the molecule is CS[C@H]1C(C(=O)c2ccccc2Cl)=C(CC(=O)O)C(=O)N1C. The summed E-state index contributed by atoms with van der Waals surface area (Å²) >= 11 is 7.35. The number of carboxylic acid groups (broad SMARTS) is 1. The highest BCUT2D eigenvalue weighted by atomic mass is 35.5. The van der Waals surface area contributed by atoms with Crippen molar-refractivity contribution in [2.45, 2.75) is 11.8 Å². The number of aliphatic carboxylic acids is 1. The lowest BCUT2D eigenvalue weighted by Crippen LogP contribution is -2.30. The fourth-order valence-electron chi connectivity index (χ4n) is 2.41. The van der Waals surface area contributed by atoms with Gasteiger partial charge in [0.15, 0.2) is 5.78 Å². The number of carbonyl (C=O) groups excluding carboxylic acids is 2. The zero-order valence-electron chi connectivity index (χ0n) is 12.0. The number of halogens is 1. The predicted octanol–water partition coefficient (Wildman–Crippen LogP) is 2.46. The number of benzene rings is 1. The van der Waals surface area contributed by atoms with Crippen molar-refractivity contribution in [1.29, 1.82) is 0 Å². The number of Topliss-reactive ketones (excluding diaryl/α,β-unsaturated/α-hetero) is 1. The fraction of sp³-hybridized carbons (Fsp3) is 0.267. The summed E-state index contributed by atoms with van der Waals surface area (Å²) in [6.45, 7) is 0. The maximum absolute atomic E-state index is 12.8. The smallest absolute Gasteiger partial charge is 0.308 e. The third-order valence-corrected chi connectivity index (χ3v) is 4.74. The van der Waals surface area contributed by atoms with E-state index in [-0.39, 0.29) is 21.7 Å². The molecule has 1 aliphatic rings. The highest BCUT2D eigenvalue weighted by molar-refractivity contribution is 7.99. The van der Waals surface area contributed by atoms with E-state index in [4.69, 9.17) is 16.7 Å². The average Bonchev–Trinajstić information content (AvgIpc) is 2.71. The van der Waals surface area contributed by atoms with Crippen LogP contribution in [0, 0.1) is 0 Å². The predicted molar refractivity (Wildman–Crippen MR) is 85.1 cm³/mol. The van der Waals surface area contributed by atoms with E-state index in [0.717, 1.165) is 0 Å². The van der Waals surface area contributed by atoms with Crippen molar-refractivity contribution in [1.82, 2.24) is 4.90 Å². The zero-order chi connectivity index (χ0) is 16.4. The Morgan fingerprint density at radius 3 is 2.55 bits per heavy atom. The van der Waals surface area contributed by atoms with Crippen LogP contribution in [0.4, 0.5) is 0 Å². The van der Waals surface area contributed by atoms with E-state index in [2.05, 4.69) is 0 Å². The van der Waals surface area contributed by atoms with Gasteiger partial charge in [-0.15, -0.1) is 11.8 Å². The first kappa shape index (κ1) is 16.6. The minimum atomic E-state index is -1.15. The molecule has 116 valence electrons. The number of likely N-dealkylation sites (N-methyl/N-ethyl adjacent to an activating group) is 1. The molecule has 1 aromatic rings. The molecule has 1 N–H and O–H groups in total. The zero-order valence-corrected chi connectivity index (χ0v) is 13.6. The summed E-state index contributed by atoms with van der Waals surface area (Å²) in [6.07, 6.45) is 1.28. The van der Waals surface area contributed by atoms with Gasteiger partial charge in [-0.3, -0.25) is 14.4 Å². The Balaban J connectivity index is 2.57. The highest BCUT2D eigenvalue weighted by Crippen LogP contribution is 2.35. The minimum Gasteiger partial charge on any atom is -0.481 e. The van der Waals surface area contributed by atoms with E-state index in [1.807, 2.05) is 0 Å². The number of amides is 1. The van der Waals surface area contributed by atoms with Gasteiger partial charge in [-0.25, -0.2) is 0 Å². The molecule has 2 rings (SSSR count). The van der Waals surface area contributed by atoms with Crippen LogP contribution < -0.4 is 0 Å². The molecule has 0 unspecified atom stereocenters. The summed E-state index contributed by atoms with van der Waals surface area (Å²) in [4.78, 5) is 37.4. The largest absolute Gasteiger partial charge is 0.481 e. The first-order valence-corrected chi connectivity index (χ1v) is 8.09. The maximum Gasteiger partial charge on any atom is 0.308 e. The van der Waals surface area contributed by atoms with Crippen molar-refractivity contribution in [3.8, 4) is 0 Å².